The van der Waals surface area contributed by atoms with Crippen molar-refractivity contribution in [3.05, 3.63) is 41.0 Å². The normalized spacial score (nSPS) is 13.0. The van der Waals surface area contributed by atoms with Crippen LogP contribution in [0.1, 0.15) is 12.1 Å². The minimum absolute atomic E-state index is 0.0133. The Hall–Kier alpha value is -2.84. The van der Waals surface area contributed by atoms with E-state index >= 15 is 0 Å². The maximum absolute atomic E-state index is 12.4. The van der Waals surface area contributed by atoms with Gasteiger partial charge in [-0.05, 0) is 26.1 Å². The lowest BCUT2D eigenvalue weighted by Crippen LogP contribution is -2.36. The number of anilines is 2. The molecule has 0 atom stereocenters. The van der Waals surface area contributed by atoms with Gasteiger partial charge in [0.2, 0.25) is 11.8 Å². The number of aryl methyl sites for hydroxylation is 1. The summed E-state index contributed by atoms with van der Waals surface area (Å²) in [6, 6.07) is 8.65. The summed E-state index contributed by atoms with van der Waals surface area (Å²) in [6.45, 7) is 2.99. The highest BCUT2D eigenvalue weighted by Gasteiger charge is 2.17. The molecule has 0 bridgehead atoms. The molecule has 0 saturated heterocycles. The summed E-state index contributed by atoms with van der Waals surface area (Å²) in [5.74, 6) is 1.02. The Morgan fingerprint density at radius 1 is 1.10 bits per heavy atom. The first-order valence-electron chi connectivity index (χ1n) is 9.22. The standard InChI is InChI=1S/C20H23ClN4O4/c1-13-5-3-6-18(22-13)24-20(27)12-25(2)11-19(26)23-15-10-17-16(9-14(15)21)28-7-4-8-29-17/h3,5-6,9-10H,4,7-8,11-12H2,1-2H3,(H,23,26)(H,22,24,27). The number of pyridine rings is 1. The van der Waals surface area contributed by atoms with Gasteiger partial charge in [0.25, 0.3) is 0 Å². The van der Waals surface area contributed by atoms with Crippen molar-refractivity contribution in [1.29, 1.82) is 0 Å². The quantitative estimate of drug-likeness (QED) is 0.749. The first kappa shape index (κ1) is 20.9. The fourth-order valence-corrected chi connectivity index (χ4v) is 3.01. The number of amides is 2. The number of likely N-dealkylation sites (N-methyl/N-ethyl adjacent to an activating group) is 1. The van der Waals surface area contributed by atoms with E-state index in [0.717, 1.165) is 12.1 Å². The number of rotatable bonds is 6. The van der Waals surface area contributed by atoms with Crippen LogP contribution >= 0.6 is 11.6 Å². The summed E-state index contributed by atoms with van der Waals surface area (Å²) in [5, 5.41) is 5.82. The third kappa shape index (κ3) is 6.07. The molecule has 2 N–H and O–H groups in total. The van der Waals surface area contributed by atoms with Crippen molar-refractivity contribution in [3.63, 3.8) is 0 Å². The van der Waals surface area contributed by atoms with Crippen LogP contribution in [-0.4, -0.2) is 55.0 Å². The van der Waals surface area contributed by atoms with Gasteiger partial charge >= 0.3 is 0 Å². The molecule has 2 amide bonds. The van der Waals surface area contributed by atoms with Crippen LogP contribution in [0, 0.1) is 6.92 Å². The van der Waals surface area contributed by atoms with Gasteiger partial charge in [-0.15, -0.1) is 0 Å². The molecule has 0 radical (unpaired) electrons. The molecule has 1 aromatic heterocycles. The Kier molecular flexibility index (Phi) is 6.90. The molecule has 1 aliphatic heterocycles. The summed E-state index contributed by atoms with van der Waals surface area (Å²) < 4.78 is 11.2. The Bertz CT molecular complexity index is 906. The van der Waals surface area contributed by atoms with E-state index < -0.39 is 0 Å². The maximum Gasteiger partial charge on any atom is 0.239 e. The van der Waals surface area contributed by atoms with Crippen molar-refractivity contribution in [2.24, 2.45) is 0 Å². The zero-order valence-corrected chi connectivity index (χ0v) is 17.1. The Morgan fingerprint density at radius 3 is 2.45 bits per heavy atom. The number of ether oxygens (including phenoxy) is 2. The van der Waals surface area contributed by atoms with E-state index in [1.54, 1.807) is 30.1 Å². The van der Waals surface area contributed by atoms with Gasteiger partial charge in [-0.3, -0.25) is 14.5 Å². The van der Waals surface area contributed by atoms with Gasteiger partial charge in [0.15, 0.2) is 11.5 Å². The summed E-state index contributed by atoms with van der Waals surface area (Å²) >= 11 is 6.25. The smallest absolute Gasteiger partial charge is 0.239 e. The zero-order chi connectivity index (χ0) is 20.8. The minimum Gasteiger partial charge on any atom is -0.490 e. The fourth-order valence-electron chi connectivity index (χ4n) is 2.81. The predicted molar refractivity (Wildman–Crippen MR) is 111 cm³/mol. The largest absolute Gasteiger partial charge is 0.490 e. The van der Waals surface area contributed by atoms with Crippen LogP contribution in [-0.2, 0) is 9.59 Å². The van der Waals surface area contributed by atoms with E-state index in [2.05, 4.69) is 15.6 Å². The van der Waals surface area contributed by atoms with Gasteiger partial charge in [-0.25, -0.2) is 4.98 Å². The monoisotopic (exact) mass is 418 g/mol. The van der Waals surface area contributed by atoms with Crippen molar-refractivity contribution < 1.29 is 19.1 Å². The van der Waals surface area contributed by atoms with Crippen LogP contribution in [0.5, 0.6) is 11.5 Å². The molecule has 1 aromatic carbocycles. The molecule has 154 valence electrons. The summed E-state index contributed by atoms with van der Waals surface area (Å²) in [5.41, 5.74) is 1.24. The van der Waals surface area contributed by atoms with Crippen molar-refractivity contribution >= 4 is 34.9 Å². The molecule has 0 fully saturated rings. The summed E-state index contributed by atoms with van der Waals surface area (Å²) in [7, 11) is 1.68. The number of carbonyl (C=O) groups excluding carboxylic acids is 2. The number of hydrogen-bond acceptors (Lipinski definition) is 6. The van der Waals surface area contributed by atoms with Crippen LogP contribution < -0.4 is 20.1 Å². The van der Waals surface area contributed by atoms with Gasteiger partial charge in [-0.2, -0.15) is 0 Å². The number of hydrogen-bond donors (Lipinski definition) is 2. The van der Waals surface area contributed by atoms with Crippen LogP contribution in [0.25, 0.3) is 0 Å². The van der Waals surface area contributed by atoms with Gasteiger partial charge in [0.1, 0.15) is 5.82 Å². The first-order valence-corrected chi connectivity index (χ1v) is 9.59. The van der Waals surface area contributed by atoms with Gasteiger partial charge < -0.3 is 20.1 Å². The number of carbonyl (C=O) groups is 2. The second-order valence-corrected chi connectivity index (χ2v) is 7.17. The molecule has 0 spiro atoms. The average molecular weight is 419 g/mol. The van der Waals surface area contributed by atoms with Crippen molar-refractivity contribution in [2.75, 3.05) is 44.0 Å². The van der Waals surface area contributed by atoms with Crippen LogP contribution in [0.15, 0.2) is 30.3 Å². The minimum atomic E-state index is -0.301. The molecule has 2 aromatic rings. The van der Waals surface area contributed by atoms with Crippen LogP contribution in [0.2, 0.25) is 5.02 Å². The third-order valence-electron chi connectivity index (χ3n) is 4.09. The van der Waals surface area contributed by atoms with E-state index in [1.807, 2.05) is 19.1 Å². The van der Waals surface area contributed by atoms with E-state index in [1.165, 1.54) is 0 Å². The molecular weight excluding hydrogens is 396 g/mol. The molecule has 9 heteroatoms. The molecule has 29 heavy (non-hydrogen) atoms. The zero-order valence-electron chi connectivity index (χ0n) is 16.3. The number of halogens is 1. The highest BCUT2D eigenvalue weighted by atomic mass is 35.5. The predicted octanol–water partition coefficient (Wildman–Crippen LogP) is 2.71. The van der Waals surface area contributed by atoms with Gasteiger partial charge in [-0.1, -0.05) is 17.7 Å². The van der Waals surface area contributed by atoms with Crippen molar-refractivity contribution in [3.8, 4) is 11.5 Å². The van der Waals surface area contributed by atoms with Crippen molar-refractivity contribution in [1.82, 2.24) is 9.88 Å². The average Bonchev–Trinajstić information content (AvgIpc) is 2.86. The van der Waals surface area contributed by atoms with Gasteiger partial charge in [0, 0.05) is 24.2 Å². The fraction of sp³-hybridized carbons (Fsp3) is 0.350. The van der Waals surface area contributed by atoms with Crippen LogP contribution in [0.3, 0.4) is 0 Å². The first-order chi connectivity index (χ1) is 13.9. The van der Waals surface area contributed by atoms with E-state index in [9.17, 15) is 9.59 Å². The van der Waals surface area contributed by atoms with Gasteiger partial charge in [0.05, 0.1) is 37.0 Å². The summed E-state index contributed by atoms with van der Waals surface area (Å²) in [6.07, 6.45) is 0.777. The highest BCUT2D eigenvalue weighted by Crippen LogP contribution is 2.37. The Labute approximate surface area is 174 Å². The second kappa shape index (κ2) is 9.58. The Balaban J connectivity index is 1.53. The molecule has 0 aliphatic carbocycles. The maximum atomic E-state index is 12.4. The number of nitrogens with one attached hydrogen (secondary N) is 2. The number of aromatic nitrogens is 1. The van der Waals surface area contributed by atoms with E-state index in [-0.39, 0.29) is 24.9 Å². The number of nitrogens with zero attached hydrogens (tertiary/aromatic N) is 2. The Morgan fingerprint density at radius 2 is 1.76 bits per heavy atom. The van der Waals surface area contributed by atoms with Crippen LogP contribution in [0.4, 0.5) is 11.5 Å². The van der Waals surface area contributed by atoms with E-state index in [4.69, 9.17) is 21.1 Å². The number of benzene rings is 1. The summed E-state index contributed by atoms with van der Waals surface area (Å²) in [4.78, 5) is 30.3. The van der Waals surface area contributed by atoms with E-state index in [0.29, 0.717) is 41.2 Å². The molecule has 3 rings (SSSR count). The second-order valence-electron chi connectivity index (χ2n) is 6.76. The lowest BCUT2D eigenvalue weighted by atomic mass is 10.2. The third-order valence-corrected chi connectivity index (χ3v) is 4.41. The molecular formula is C20H23ClN4O4. The van der Waals surface area contributed by atoms with Crippen molar-refractivity contribution in [2.45, 2.75) is 13.3 Å². The molecule has 0 unspecified atom stereocenters. The lowest BCUT2D eigenvalue weighted by Gasteiger charge is -2.17. The SMILES string of the molecule is Cc1cccc(NC(=O)CN(C)CC(=O)Nc2cc3c(cc2Cl)OCCCO3)n1. The lowest BCUT2D eigenvalue weighted by molar-refractivity contribution is -0.119. The highest BCUT2D eigenvalue weighted by molar-refractivity contribution is 6.34. The number of fused-ring (bicyclic) bond motifs is 1. The molecule has 1 aliphatic rings. The molecule has 2 heterocycles. The topological polar surface area (TPSA) is 92.8 Å². The molecule has 0 saturated carbocycles. The molecule has 8 nitrogen and oxygen atoms in total.